The van der Waals surface area contributed by atoms with Gasteiger partial charge in [-0.1, -0.05) is 24.3 Å². The highest BCUT2D eigenvalue weighted by atomic mass is 79.9. The zero-order chi connectivity index (χ0) is 14.7. The Balaban J connectivity index is 1.83. The maximum atomic E-state index is 5.95. The van der Waals surface area contributed by atoms with Crippen molar-refractivity contribution in [2.24, 2.45) is 5.73 Å². The van der Waals surface area contributed by atoms with E-state index in [1.54, 1.807) is 6.20 Å². The van der Waals surface area contributed by atoms with Crippen LogP contribution < -0.4 is 10.5 Å². The third-order valence-electron chi connectivity index (χ3n) is 3.32. The molecule has 1 aromatic heterocycles. The fourth-order valence-electron chi connectivity index (χ4n) is 2.25. The molecule has 1 heterocycles. The van der Waals surface area contributed by atoms with E-state index in [1.165, 1.54) is 0 Å². The molecule has 0 radical (unpaired) electrons. The Hall–Kier alpha value is -1.91. The van der Waals surface area contributed by atoms with E-state index in [-0.39, 0.29) is 0 Å². The SMILES string of the molecule is NCc1cccc(Br)c1OCc1ccc2ncccc2c1. The molecule has 2 aromatic carbocycles. The lowest BCUT2D eigenvalue weighted by Crippen LogP contribution is -2.03. The van der Waals surface area contributed by atoms with Crippen molar-refractivity contribution in [3.8, 4) is 5.75 Å². The van der Waals surface area contributed by atoms with Gasteiger partial charge in [0.1, 0.15) is 12.4 Å². The predicted molar refractivity (Wildman–Crippen MR) is 88.1 cm³/mol. The van der Waals surface area contributed by atoms with Gasteiger partial charge in [0.05, 0.1) is 9.99 Å². The fourth-order valence-corrected chi connectivity index (χ4v) is 2.77. The van der Waals surface area contributed by atoms with Gasteiger partial charge in [-0.05, 0) is 45.8 Å². The molecule has 0 fully saturated rings. The number of benzene rings is 2. The lowest BCUT2D eigenvalue weighted by Gasteiger charge is -2.12. The van der Waals surface area contributed by atoms with Crippen molar-refractivity contribution < 1.29 is 4.74 Å². The third-order valence-corrected chi connectivity index (χ3v) is 3.94. The second-order valence-electron chi connectivity index (χ2n) is 4.75. The van der Waals surface area contributed by atoms with Crippen LogP contribution in [-0.4, -0.2) is 4.98 Å². The molecule has 0 amide bonds. The quantitative estimate of drug-likeness (QED) is 0.778. The Morgan fingerprint density at radius 3 is 2.86 bits per heavy atom. The Labute approximate surface area is 131 Å². The van der Waals surface area contributed by atoms with Crippen molar-refractivity contribution in [3.63, 3.8) is 0 Å². The molecule has 0 spiro atoms. The van der Waals surface area contributed by atoms with Crippen LogP contribution >= 0.6 is 15.9 Å². The van der Waals surface area contributed by atoms with Crippen LogP contribution in [0.3, 0.4) is 0 Å². The maximum absolute atomic E-state index is 5.95. The normalized spacial score (nSPS) is 10.8. The molecule has 3 nitrogen and oxygen atoms in total. The number of halogens is 1. The summed E-state index contributed by atoms with van der Waals surface area (Å²) in [7, 11) is 0. The van der Waals surface area contributed by atoms with Crippen LogP contribution in [0, 0.1) is 0 Å². The molecule has 0 unspecified atom stereocenters. The van der Waals surface area contributed by atoms with E-state index in [4.69, 9.17) is 10.5 Å². The van der Waals surface area contributed by atoms with Crippen molar-refractivity contribution in [2.45, 2.75) is 13.2 Å². The standard InChI is InChI=1S/C17H15BrN2O/c18-15-5-1-3-14(10-19)17(15)21-11-12-6-7-16-13(9-12)4-2-8-20-16/h1-9H,10-11,19H2. The van der Waals surface area contributed by atoms with Gasteiger partial charge in [0.2, 0.25) is 0 Å². The summed E-state index contributed by atoms with van der Waals surface area (Å²) in [5, 5.41) is 1.12. The third kappa shape index (κ3) is 3.06. The molecule has 3 aromatic rings. The van der Waals surface area contributed by atoms with Crippen LogP contribution in [-0.2, 0) is 13.2 Å². The van der Waals surface area contributed by atoms with E-state index in [0.717, 1.165) is 32.3 Å². The zero-order valence-electron chi connectivity index (χ0n) is 11.4. The molecule has 0 aliphatic carbocycles. The van der Waals surface area contributed by atoms with Crippen molar-refractivity contribution in [1.29, 1.82) is 0 Å². The molecule has 4 heteroatoms. The minimum atomic E-state index is 0.455. The number of rotatable bonds is 4. The van der Waals surface area contributed by atoms with Crippen LogP contribution in [0.4, 0.5) is 0 Å². The van der Waals surface area contributed by atoms with Crippen LogP contribution in [0.5, 0.6) is 5.75 Å². The molecule has 0 bridgehead atoms. The van der Waals surface area contributed by atoms with Crippen molar-refractivity contribution in [2.75, 3.05) is 0 Å². The number of hydrogen-bond acceptors (Lipinski definition) is 3. The van der Waals surface area contributed by atoms with Gasteiger partial charge in [-0.2, -0.15) is 0 Å². The van der Waals surface area contributed by atoms with Crippen LogP contribution in [0.1, 0.15) is 11.1 Å². The molecular formula is C17H15BrN2O. The smallest absolute Gasteiger partial charge is 0.138 e. The molecule has 0 aliphatic rings. The summed E-state index contributed by atoms with van der Waals surface area (Å²) >= 11 is 3.51. The molecular weight excluding hydrogens is 328 g/mol. The van der Waals surface area contributed by atoms with E-state index in [9.17, 15) is 0 Å². The van der Waals surface area contributed by atoms with Crippen LogP contribution in [0.2, 0.25) is 0 Å². The summed E-state index contributed by atoms with van der Waals surface area (Å²) in [4.78, 5) is 4.32. The molecule has 0 atom stereocenters. The first-order valence-corrected chi connectivity index (χ1v) is 7.51. The zero-order valence-corrected chi connectivity index (χ0v) is 13.0. The topological polar surface area (TPSA) is 48.1 Å². The number of fused-ring (bicyclic) bond motifs is 1. The maximum Gasteiger partial charge on any atom is 0.138 e. The average Bonchev–Trinajstić information content (AvgIpc) is 2.53. The monoisotopic (exact) mass is 342 g/mol. The van der Waals surface area contributed by atoms with Gasteiger partial charge in [0.15, 0.2) is 0 Å². The summed E-state index contributed by atoms with van der Waals surface area (Å²) in [6, 6.07) is 16.0. The van der Waals surface area contributed by atoms with E-state index < -0.39 is 0 Å². The minimum Gasteiger partial charge on any atom is -0.487 e. The number of nitrogens with two attached hydrogens (primary N) is 1. The van der Waals surface area contributed by atoms with Gasteiger partial charge in [-0.15, -0.1) is 0 Å². The minimum absolute atomic E-state index is 0.455. The summed E-state index contributed by atoms with van der Waals surface area (Å²) in [6.07, 6.45) is 1.80. The number of para-hydroxylation sites is 1. The summed E-state index contributed by atoms with van der Waals surface area (Å²) < 4.78 is 6.87. The molecule has 106 valence electrons. The first kappa shape index (κ1) is 14.0. The average molecular weight is 343 g/mol. The highest BCUT2D eigenvalue weighted by molar-refractivity contribution is 9.10. The van der Waals surface area contributed by atoms with Gasteiger partial charge in [0, 0.05) is 23.7 Å². The van der Waals surface area contributed by atoms with Crippen LogP contribution in [0.25, 0.3) is 10.9 Å². The number of aromatic nitrogens is 1. The summed E-state index contributed by atoms with van der Waals surface area (Å²) in [5.41, 5.74) is 8.84. The molecule has 21 heavy (non-hydrogen) atoms. The summed E-state index contributed by atoms with van der Waals surface area (Å²) in [5.74, 6) is 0.811. The Morgan fingerprint density at radius 1 is 1.10 bits per heavy atom. The number of hydrogen-bond donors (Lipinski definition) is 1. The lowest BCUT2D eigenvalue weighted by atomic mass is 10.1. The number of pyridine rings is 1. The van der Waals surface area contributed by atoms with Gasteiger partial charge in [-0.25, -0.2) is 0 Å². The molecule has 0 saturated heterocycles. The Bertz CT molecular complexity index is 774. The second kappa shape index (κ2) is 6.24. The van der Waals surface area contributed by atoms with Crippen LogP contribution in [0.15, 0.2) is 59.2 Å². The largest absolute Gasteiger partial charge is 0.487 e. The van der Waals surface area contributed by atoms with E-state index in [2.05, 4.69) is 33.0 Å². The summed E-state index contributed by atoms with van der Waals surface area (Å²) in [6.45, 7) is 0.955. The first-order valence-electron chi connectivity index (χ1n) is 6.72. The van der Waals surface area contributed by atoms with Crippen molar-refractivity contribution >= 4 is 26.8 Å². The van der Waals surface area contributed by atoms with E-state index in [1.807, 2.05) is 36.4 Å². The van der Waals surface area contributed by atoms with Crippen molar-refractivity contribution in [1.82, 2.24) is 4.98 Å². The predicted octanol–water partition coefficient (Wildman–Crippen LogP) is 4.04. The Kier molecular flexibility index (Phi) is 4.18. The molecule has 0 aliphatic heterocycles. The molecule has 3 rings (SSSR count). The van der Waals surface area contributed by atoms with Gasteiger partial charge in [-0.3, -0.25) is 4.98 Å². The molecule has 0 saturated carbocycles. The number of nitrogens with zero attached hydrogens (tertiary/aromatic N) is 1. The highest BCUT2D eigenvalue weighted by Gasteiger charge is 2.07. The van der Waals surface area contributed by atoms with Gasteiger partial charge < -0.3 is 10.5 Å². The molecule has 2 N–H and O–H groups in total. The van der Waals surface area contributed by atoms with Gasteiger partial charge in [0.25, 0.3) is 0 Å². The fraction of sp³-hybridized carbons (Fsp3) is 0.118. The lowest BCUT2D eigenvalue weighted by molar-refractivity contribution is 0.301. The van der Waals surface area contributed by atoms with Crippen molar-refractivity contribution in [3.05, 3.63) is 70.3 Å². The van der Waals surface area contributed by atoms with E-state index in [0.29, 0.717) is 13.2 Å². The Morgan fingerprint density at radius 2 is 2.00 bits per heavy atom. The number of ether oxygens (including phenoxy) is 1. The highest BCUT2D eigenvalue weighted by Crippen LogP contribution is 2.29. The second-order valence-corrected chi connectivity index (χ2v) is 5.61. The van der Waals surface area contributed by atoms with E-state index >= 15 is 0 Å². The first-order chi connectivity index (χ1) is 10.3. The van der Waals surface area contributed by atoms with Gasteiger partial charge >= 0.3 is 0 Å².